The predicted molar refractivity (Wildman–Crippen MR) is 103 cm³/mol. The number of halogens is 4. The van der Waals surface area contributed by atoms with E-state index in [4.69, 9.17) is 0 Å². The highest BCUT2D eigenvalue weighted by Gasteiger charge is 2.31. The zero-order valence-corrected chi connectivity index (χ0v) is 16.5. The second-order valence-corrected chi connectivity index (χ2v) is 8.77. The van der Waals surface area contributed by atoms with E-state index in [0.717, 1.165) is 42.6 Å². The molecular weight excluding hydrogens is 368 g/mol. The van der Waals surface area contributed by atoms with Crippen molar-refractivity contribution in [3.05, 3.63) is 29.8 Å². The molecule has 0 saturated heterocycles. The quantitative estimate of drug-likeness (QED) is 0.431. The highest BCUT2D eigenvalue weighted by Crippen LogP contribution is 2.42. The molecule has 0 aromatic heterocycles. The Hall–Kier alpha value is -1.26. The molecule has 0 radical (unpaired) electrons. The van der Waals surface area contributed by atoms with E-state index in [1.165, 1.54) is 63.5 Å². The molecule has 2 aliphatic rings. The molecule has 0 amide bonds. The average Bonchev–Trinajstić information content (AvgIpc) is 2.68. The van der Waals surface area contributed by atoms with Crippen LogP contribution in [0.15, 0.2) is 24.3 Å². The fourth-order valence-corrected chi connectivity index (χ4v) is 5.28. The van der Waals surface area contributed by atoms with Crippen molar-refractivity contribution >= 4 is 0 Å². The maximum atomic E-state index is 12.5. The Morgan fingerprint density at radius 2 is 1.25 bits per heavy atom. The van der Waals surface area contributed by atoms with Crippen LogP contribution in [0.4, 0.5) is 17.6 Å². The van der Waals surface area contributed by atoms with Gasteiger partial charge in [-0.3, -0.25) is 4.39 Å². The van der Waals surface area contributed by atoms with Crippen LogP contribution in [0.2, 0.25) is 0 Å². The summed E-state index contributed by atoms with van der Waals surface area (Å²) in [6.45, 7) is -0.168. The second kappa shape index (κ2) is 9.98. The fourth-order valence-electron chi connectivity index (χ4n) is 5.28. The molecule has 0 spiro atoms. The fraction of sp³-hybridized carbons (Fsp3) is 0.739. The summed E-state index contributed by atoms with van der Waals surface area (Å²) in [5, 5.41) is 0. The molecule has 0 atom stereocenters. The highest BCUT2D eigenvalue weighted by molar-refractivity contribution is 5.27. The van der Waals surface area contributed by atoms with Crippen molar-refractivity contribution in [2.75, 3.05) is 6.67 Å². The number of alkyl halides is 4. The van der Waals surface area contributed by atoms with Crippen molar-refractivity contribution < 1.29 is 22.3 Å². The number of hydrogen-bond acceptors (Lipinski definition) is 1. The Balaban J connectivity index is 1.36. The summed E-state index contributed by atoms with van der Waals surface area (Å²) in [6.07, 6.45) is 8.28. The third-order valence-electron chi connectivity index (χ3n) is 6.97. The third-order valence-corrected chi connectivity index (χ3v) is 6.97. The molecule has 28 heavy (non-hydrogen) atoms. The molecular formula is C23H32F4O. The SMILES string of the molecule is FCCC1CCC(C2CCC(CCc3ccc(OC(F)(F)F)cc3)CC2)CC1. The van der Waals surface area contributed by atoms with Crippen LogP contribution in [0.5, 0.6) is 5.75 Å². The van der Waals surface area contributed by atoms with Crippen LogP contribution in [0, 0.1) is 23.7 Å². The molecule has 5 heteroatoms. The van der Waals surface area contributed by atoms with Gasteiger partial charge in [-0.15, -0.1) is 13.2 Å². The number of rotatable bonds is 7. The molecule has 1 aromatic carbocycles. The Morgan fingerprint density at radius 3 is 1.71 bits per heavy atom. The second-order valence-electron chi connectivity index (χ2n) is 8.77. The predicted octanol–water partition coefficient (Wildman–Crippen LogP) is 7.49. The summed E-state index contributed by atoms with van der Waals surface area (Å²) in [7, 11) is 0. The molecule has 3 rings (SSSR count). The molecule has 1 aromatic rings. The van der Waals surface area contributed by atoms with Crippen LogP contribution in [-0.4, -0.2) is 13.0 Å². The third kappa shape index (κ3) is 6.66. The van der Waals surface area contributed by atoms with Gasteiger partial charge in [-0.05, 0) is 86.3 Å². The van der Waals surface area contributed by atoms with Crippen LogP contribution in [0.3, 0.4) is 0 Å². The van der Waals surface area contributed by atoms with E-state index in [1.807, 2.05) is 0 Å². The van der Waals surface area contributed by atoms with Gasteiger partial charge in [0.25, 0.3) is 0 Å². The molecule has 0 N–H and O–H groups in total. The number of ether oxygens (including phenoxy) is 1. The summed E-state index contributed by atoms with van der Waals surface area (Å²) < 4.78 is 53.1. The summed E-state index contributed by atoms with van der Waals surface area (Å²) in [6, 6.07) is 6.28. The van der Waals surface area contributed by atoms with Crippen molar-refractivity contribution in [2.24, 2.45) is 23.7 Å². The van der Waals surface area contributed by atoms with Crippen molar-refractivity contribution in [3.8, 4) is 5.75 Å². The topological polar surface area (TPSA) is 9.23 Å². The molecule has 158 valence electrons. The number of benzene rings is 1. The molecule has 0 heterocycles. The van der Waals surface area contributed by atoms with Crippen molar-refractivity contribution in [2.45, 2.75) is 77.0 Å². The van der Waals surface area contributed by atoms with Gasteiger partial charge < -0.3 is 4.74 Å². The van der Waals surface area contributed by atoms with Crippen LogP contribution < -0.4 is 4.74 Å². The standard InChI is InChI=1S/C23H32F4O/c24-16-15-19-5-11-21(12-6-19)20-9-3-17(4-10-20)1-2-18-7-13-22(14-8-18)28-23(25,26)27/h7-8,13-14,17,19-21H,1-6,9-12,15-16H2. The summed E-state index contributed by atoms with van der Waals surface area (Å²) in [4.78, 5) is 0. The highest BCUT2D eigenvalue weighted by atomic mass is 19.4. The van der Waals surface area contributed by atoms with Gasteiger partial charge in [-0.25, -0.2) is 0 Å². The molecule has 2 aliphatic carbocycles. The zero-order valence-electron chi connectivity index (χ0n) is 16.5. The number of aryl methyl sites for hydroxylation is 1. The Bertz CT molecular complexity index is 567. The largest absolute Gasteiger partial charge is 0.573 e. The Kier molecular flexibility index (Phi) is 7.64. The minimum Gasteiger partial charge on any atom is -0.406 e. The van der Waals surface area contributed by atoms with Crippen molar-refractivity contribution in [3.63, 3.8) is 0 Å². The average molecular weight is 401 g/mol. The zero-order chi connectivity index (χ0) is 20.0. The van der Waals surface area contributed by atoms with Gasteiger partial charge in [0, 0.05) is 0 Å². The lowest BCUT2D eigenvalue weighted by Crippen LogP contribution is -2.26. The van der Waals surface area contributed by atoms with Crippen LogP contribution >= 0.6 is 0 Å². The lowest BCUT2D eigenvalue weighted by molar-refractivity contribution is -0.274. The maximum absolute atomic E-state index is 12.5. The van der Waals surface area contributed by atoms with Gasteiger partial charge in [0.1, 0.15) is 5.75 Å². The van der Waals surface area contributed by atoms with E-state index in [0.29, 0.717) is 5.92 Å². The van der Waals surface area contributed by atoms with E-state index in [-0.39, 0.29) is 12.4 Å². The maximum Gasteiger partial charge on any atom is 0.573 e. The Morgan fingerprint density at radius 1 is 0.750 bits per heavy atom. The molecule has 0 aliphatic heterocycles. The lowest BCUT2D eigenvalue weighted by Gasteiger charge is -2.37. The first-order valence-corrected chi connectivity index (χ1v) is 10.8. The summed E-state index contributed by atoms with van der Waals surface area (Å²) in [5.74, 6) is 2.88. The van der Waals surface area contributed by atoms with E-state index >= 15 is 0 Å². The van der Waals surface area contributed by atoms with Crippen LogP contribution in [0.25, 0.3) is 0 Å². The van der Waals surface area contributed by atoms with Gasteiger partial charge in [-0.2, -0.15) is 0 Å². The van der Waals surface area contributed by atoms with Gasteiger partial charge in [-0.1, -0.05) is 37.8 Å². The minimum atomic E-state index is -4.63. The summed E-state index contributed by atoms with van der Waals surface area (Å²) in [5.41, 5.74) is 1.07. The van der Waals surface area contributed by atoms with E-state index in [9.17, 15) is 17.6 Å². The molecule has 2 saturated carbocycles. The van der Waals surface area contributed by atoms with Crippen LogP contribution in [-0.2, 0) is 6.42 Å². The van der Waals surface area contributed by atoms with Gasteiger partial charge in [0.05, 0.1) is 6.67 Å². The minimum absolute atomic E-state index is 0.155. The molecule has 1 nitrogen and oxygen atoms in total. The van der Waals surface area contributed by atoms with Crippen molar-refractivity contribution in [1.82, 2.24) is 0 Å². The van der Waals surface area contributed by atoms with Crippen LogP contribution in [0.1, 0.15) is 69.8 Å². The van der Waals surface area contributed by atoms with Gasteiger partial charge >= 0.3 is 6.36 Å². The first kappa shape index (κ1) is 21.4. The van der Waals surface area contributed by atoms with Gasteiger partial charge in [0.15, 0.2) is 0 Å². The van der Waals surface area contributed by atoms with Crippen molar-refractivity contribution in [1.29, 1.82) is 0 Å². The van der Waals surface area contributed by atoms with E-state index in [2.05, 4.69) is 4.74 Å². The lowest BCUT2D eigenvalue weighted by atomic mass is 9.68. The normalized spacial score (nSPS) is 28.9. The summed E-state index contributed by atoms with van der Waals surface area (Å²) >= 11 is 0. The van der Waals surface area contributed by atoms with Gasteiger partial charge in [0.2, 0.25) is 0 Å². The van der Waals surface area contributed by atoms with E-state index in [1.54, 1.807) is 12.1 Å². The van der Waals surface area contributed by atoms with E-state index < -0.39 is 6.36 Å². The molecule has 0 bridgehead atoms. The first-order valence-electron chi connectivity index (χ1n) is 10.8. The molecule has 2 fully saturated rings. The Labute approximate surface area is 165 Å². The molecule has 0 unspecified atom stereocenters. The monoisotopic (exact) mass is 400 g/mol. The number of hydrogen-bond donors (Lipinski definition) is 0. The first-order chi connectivity index (χ1) is 13.4. The smallest absolute Gasteiger partial charge is 0.406 e.